The van der Waals surface area contributed by atoms with E-state index in [4.69, 9.17) is 20.1 Å². The molecule has 0 spiro atoms. The molecule has 0 fully saturated rings. The van der Waals surface area contributed by atoms with Crippen LogP contribution in [0, 0.1) is 5.41 Å². The minimum atomic E-state index is -1.61. The fraction of sp³-hybridized carbons (Fsp3) is 1.00. The summed E-state index contributed by atoms with van der Waals surface area (Å²) in [5.41, 5.74) is 0.341. The molecule has 0 aromatic heterocycles. The van der Waals surface area contributed by atoms with Crippen molar-refractivity contribution in [2.24, 2.45) is 5.41 Å². The van der Waals surface area contributed by atoms with E-state index in [0.717, 1.165) is 0 Å². The van der Waals surface area contributed by atoms with Crippen LogP contribution in [0.5, 0.6) is 0 Å². The summed E-state index contributed by atoms with van der Waals surface area (Å²) in [5, 5.41) is 0. The molecule has 78 valence electrons. The minimum Gasteiger partial charge on any atom is -0.233 e. The number of hydrogen-bond donors (Lipinski definition) is 0. The standard InChI is InChI=1S/C10H21.Al.2ClH/c1-6-10(7-2,8-3)9(4)5;;;/h6-8H2,1-5H3;;2*1H/q;+2;;/p-2. The molecule has 0 bridgehead atoms. The molecule has 0 nitrogen and oxygen atoms in total. The molecular weight excluding hydrogens is 218 g/mol. The Kier molecular flexibility index (Phi) is 5.72. The van der Waals surface area contributed by atoms with Crippen LogP contribution >= 0.6 is 20.1 Å². The van der Waals surface area contributed by atoms with E-state index in [0.29, 0.717) is 5.41 Å². The van der Waals surface area contributed by atoms with E-state index < -0.39 is 12.3 Å². The Morgan fingerprint density at radius 3 is 1.31 bits per heavy atom. The molecule has 0 saturated carbocycles. The van der Waals surface area contributed by atoms with Gasteiger partial charge in [0.2, 0.25) is 0 Å². The van der Waals surface area contributed by atoms with Crippen LogP contribution in [0.2, 0.25) is 4.28 Å². The van der Waals surface area contributed by atoms with Crippen LogP contribution in [0.15, 0.2) is 0 Å². The van der Waals surface area contributed by atoms with Crippen molar-refractivity contribution >= 4 is 32.4 Å². The van der Waals surface area contributed by atoms with E-state index in [1.54, 1.807) is 0 Å². The van der Waals surface area contributed by atoms with Gasteiger partial charge in [-0.25, -0.2) is 20.1 Å². The first-order valence-electron chi connectivity index (χ1n) is 5.16. The van der Waals surface area contributed by atoms with Gasteiger partial charge < -0.3 is 0 Å². The van der Waals surface area contributed by atoms with Gasteiger partial charge in [0.05, 0.1) is 0 Å². The lowest BCUT2D eigenvalue weighted by molar-refractivity contribution is 0.175. The zero-order valence-electron chi connectivity index (χ0n) is 9.45. The predicted molar refractivity (Wildman–Crippen MR) is 64.8 cm³/mol. The maximum atomic E-state index is 6.19. The van der Waals surface area contributed by atoms with Crippen molar-refractivity contribution in [3.05, 3.63) is 0 Å². The molecular formula is C10H21AlCl2. The Labute approximate surface area is 95.8 Å². The summed E-state index contributed by atoms with van der Waals surface area (Å²) in [6.45, 7) is 11.2. The monoisotopic (exact) mass is 238 g/mol. The summed E-state index contributed by atoms with van der Waals surface area (Å²) < 4.78 is 0.133. The first-order chi connectivity index (χ1) is 5.88. The van der Waals surface area contributed by atoms with Crippen molar-refractivity contribution in [3.63, 3.8) is 0 Å². The van der Waals surface area contributed by atoms with E-state index in [-0.39, 0.29) is 4.28 Å². The normalized spacial score (nSPS) is 13.2. The molecule has 0 aromatic rings. The van der Waals surface area contributed by atoms with Crippen LogP contribution in [0.4, 0.5) is 0 Å². The predicted octanol–water partition coefficient (Wildman–Crippen LogP) is 4.95. The summed E-state index contributed by atoms with van der Waals surface area (Å²) in [5.74, 6) is 0. The van der Waals surface area contributed by atoms with Gasteiger partial charge in [-0.1, -0.05) is 53.9 Å². The van der Waals surface area contributed by atoms with Gasteiger partial charge in [0, 0.05) is 0 Å². The van der Waals surface area contributed by atoms with Crippen molar-refractivity contribution < 1.29 is 0 Å². The van der Waals surface area contributed by atoms with Gasteiger partial charge in [-0.05, 0) is 9.69 Å². The average Bonchev–Trinajstić information content (AvgIpc) is 2.08. The lowest BCUT2D eigenvalue weighted by Gasteiger charge is -2.46. The summed E-state index contributed by atoms with van der Waals surface area (Å²) >= 11 is -1.61. The highest BCUT2D eigenvalue weighted by Crippen LogP contribution is 2.55. The second-order valence-electron chi connectivity index (χ2n) is 4.36. The second kappa shape index (κ2) is 5.27. The molecule has 3 heteroatoms. The van der Waals surface area contributed by atoms with E-state index >= 15 is 0 Å². The van der Waals surface area contributed by atoms with Gasteiger partial charge in [-0.3, -0.25) is 0 Å². The molecule has 0 aromatic carbocycles. The molecule has 0 aliphatic carbocycles. The number of halogens is 2. The van der Waals surface area contributed by atoms with Crippen molar-refractivity contribution in [1.29, 1.82) is 0 Å². The van der Waals surface area contributed by atoms with Gasteiger partial charge in [-0.2, -0.15) is 0 Å². The van der Waals surface area contributed by atoms with Crippen molar-refractivity contribution in [2.45, 2.75) is 58.2 Å². The molecule has 0 N–H and O–H groups in total. The molecule has 0 amide bonds. The van der Waals surface area contributed by atoms with E-state index in [2.05, 4.69) is 34.6 Å². The van der Waals surface area contributed by atoms with Gasteiger partial charge in [0.1, 0.15) is 0 Å². The van der Waals surface area contributed by atoms with Gasteiger partial charge >= 0.3 is 12.3 Å². The van der Waals surface area contributed by atoms with Crippen LogP contribution in [-0.4, -0.2) is 12.3 Å². The van der Waals surface area contributed by atoms with E-state index in [1.807, 2.05) is 0 Å². The van der Waals surface area contributed by atoms with Crippen molar-refractivity contribution in [1.82, 2.24) is 0 Å². The highest BCUT2D eigenvalue weighted by Gasteiger charge is 2.48. The van der Waals surface area contributed by atoms with Crippen LogP contribution in [-0.2, 0) is 0 Å². The summed E-state index contributed by atoms with van der Waals surface area (Å²) in [7, 11) is 12.4. The highest BCUT2D eigenvalue weighted by atomic mass is 35.7. The Bertz CT molecular complexity index is 143. The zero-order chi connectivity index (χ0) is 10.7. The molecule has 0 unspecified atom stereocenters. The maximum absolute atomic E-state index is 6.19. The van der Waals surface area contributed by atoms with Crippen LogP contribution in [0.25, 0.3) is 0 Å². The molecule has 0 radical (unpaired) electrons. The quantitative estimate of drug-likeness (QED) is 0.595. The third kappa shape index (κ3) is 2.57. The van der Waals surface area contributed by atoms with Crippen molar-refractivity contribution in [2.75, 3.05) is 0 Å². The largest absolute Gasteiger partial charge is 0.525 e. The lowest BCUT2D eigenvalue weighted by atomic mass is 9.70. The third-order valence-corrected chi connectivity index (χ3v) is 8.92. The molecule has 0 aliphatic rings. The van der Waals surface area contributed by atoms with Gasteiger partial charge in [-0.15, -0.1) is 0 Å². The molecule has 0 rings (SSSR count). The Balaban J connectivity index is 4.91. The molecule has 13 heavy (non-hydrogen) atoms. The lowest BCUT2D eigenvalue weighted by Crippen LogP contribution is -2.37. The van der Waals surface area contributed by atoms with Gasteiger partial charge in [0.15, 0.2) is 0 Å². The number of rotatable bonds is 5. The highest BCUT2D eigenvalue weighted by molar-refractivity contribution is 7.35. The van der Waals surface area contributed by atoms with E-state index in [9.17, 15) is 0 Å². The first-order valence-corrected chi connectivity index (χ1v) is 9.23. The zero-order valence-corrected chi connectivity index (χ0v) is 12.1. The number of hydrogen-bond acceptors (Lipinski definition) is 0. The Morgan fingerprint density at radius 2 is 1.23 bits per heavy atom. The summed E-state index contributed by atoms with van der Waals surface area (Å²) in [4.78, 5) is 0. The third-order valence-electron chi connectivity index (χ3n) is 3.94. The SMILES string of the molecule is CCC(CC)(CC)[C](C)(C)[Al]([Cl])[Cl]. The topological polar surface area (TPSA) is 0 Å². The fourth-order valence-electron chi connectivity index (χ4n) is 2.35. The molecule has 0 heterocycles. The van der Waals surface area contributed by atoms with Crippen LogP contribution in [0.1, 0.15) is 53.9 Å². The Morgan fingerprint density at radius 1 is 0.923 bits per heavy atom. The fourth-order valence-corrected chi connectivity index (χ4v) is 4.81. The second-order valence-corrected chi connectivity index (χ2v) is 9.70. The Hall–Kier alpha value is 1.11. The minimum absolute atomic E-state index is 0.133. The van der Waals surface area contributed by atoms with Crippen LogP contribution in [0.3, 0.4) is 0 Å². The molecule has 0 saturated heterocycles. The average molecular weight is 239 g/mol. The van der Waals surface area contributed by atoms with Crippen LogP contribution < -0.4 is 0 Å². The first kappa shape index (κ1) is 14.1. The molecule has 0 atom stereocenters. The summed E-state index contributed by atoms with van der Waals surface area (Å²) in [6.07, 6.45) is 3.53. The summed E-state index contributed by atoms with van der Waals surface area (Å²) in [6, 6.07) is 0. The molecule has 0 aliphatic heterocycles. The van der Waals surface area contributed by atoms with E-state index in [1.165, 1.54) is 19.3 Å². The smallest absolute Gasteiger partial charge is 0.233 e. The van der Waals surface area contributed by atoms with Gasteiger partial charge in [0.25, 0.3) is 0 Å². The maximum Gasteiger partial charge on any atom is 0.525 e. The van der Waals surface area contributed by atoms with Crippen molar-refractivity contribution in [3.8, 4) is 0 Å².